The number of Topliss-reactive ketones (excluding diaryl/α,β-unsaturated/α-hetero) is 1. The summed E-state index contributed by atoms with van der Waals surface area (Å²) in [6.45, 7) is 1.42. The molecular weight excluding hydrogens is 276 g/mol. The number of carbonyl (C=O) groups is 1. The molecule has 0 unspecified atom stereocenters. The van der Waals surface area contributed by atoms with Crippen LogP contribution in [0.2, 0.25) is 0 Å². The van der Waals surface area contributed by atoms with Gasteiger partial charge in [0.1, 0.15) is 0 Å². The molecule has 2 aromatic rings. The maximum atomic E-state index is 11.3. The van der Waals surface area contributed by atoms with E-state index in [4.69, 9.17) is 9.47 Å². The zero-order chi connectivity index (χ0) is 15.4. The molecule has 108 valence electrons. The Hall–Kier alpha value is -2.96. The van der Waals surface area contributed by atoms with Crippen LogP contribution in [0.5, 0.6) is 17.4 Å². The first-order chi connectivity index (χ1) is 10.0. The number of carbonyl (C=O) groups excluding carboxylic acids is 1. The van der Waals surface area contributed by atoms with Crippen LogP contribution in [-0.4, -0.2) is 22.8 Å². The molecule has 0 N–H and O–H groups in total. The number of methoxy groups -OCH3 is 1. The SMILES string of the molecule is COc1ccc([N+](=O)[O-])cc1Oc1cc(C(C)=O)ccn1. The summed E-state index contributed by atoms with van der Waals surface area (Å²) in [5.41, 5.74) is 0.304. The van der Waals surface area contributed by atoms with Crippen molar-refractivity contribution in [1.29, 1.82) is 0 Å². The van der Waals surface area contributed by atoms with Gasteiger partial charge in [-0.05, 0) is 19.1 Å². The normalized spacial score (nSPS) is 10.0. The first-order valence-corrected chi connectivity index (χ1v) is 5.98. The summed E-state index contributed by atoms with van der Waals surface area (Å²) in [5, 5.41) is 10.8. The lowest BCUT2D eigenvalue weighted by Gasteiger charge is -2.09. The first kappa shape index (κ1) is 14.4. The Kier molecular flexibility index (Phi) is 4.13. The van der Waals surface area contributed by atoms with E-state index in [9.17, 15) is 14.9 Å². The highest BCUT2D eigenvalue weighted by Gasteiger charge is 2.14. The summed E-state index contributed by atoms with van der Waals surface area (Å²) < 4.78 is 10.6. The van der Waals surface area contributed by atoms with Crippen LogP contribution in [0.15, 0.2) is 36.5 Å². The summed E-state index contributed by atoms with van der Waals surface area (Å²) in [6.07, 6.45) is 1.43. The Morgan fingerprint density at radius 3 is 2.62 bits per heavy atom. The lowest BCUT2D eigenvalue weighted by molar-refractivity contribution is -0.384. The molecule has 0 aliphatic heterocycles. The fraction of sp³-hybridized carbons (Fsp3) is 0.143. The van der Waals surface area contributed by atoms with E-state index >= 15 is 0 Å². The number of benzene rings is 1. The van der Waals surface area contributed by atoms with Gasteiger partial charge in [-0.3, -0.25) is 14.9 Å². The molecule has 0 radical (unpaired) electrons. The van der Waals surface area contributed by atoms with Crippen LogP contribution < -0.4 is 9.47 Å². The van der Waals surface area contributed by atoms with E-state index < -0.39 is 4.92 Å². The third kappa shape index (κ3) is 3.33. The van der Waals surface area contributed by atoms with Crippen LogP contribution in [0.1, 0.15) is 17.3 Å². The van der Waals surface area contributed by atoms with Crippen LogP contribution in [0, 0.1) is 10.1 Å². The van der Waals surface area contributed by atoms with Crippen LogP contribution in [0.25, 0.3) is 0 Å². The maximum Gasteiger partial charge on any atom is 0.273 e. The number of hydrogen-bond donors (Lipinski definition) is 0. The van der Waals surface area contributed by atoms with E-state index in [1.54, 1.807) is 6.07 Å². The fourth-order valence-corrected chi connectivity index (χ4v) is 1.66. The maximum absolute atomic E-state index is 11.3. The van der Waals surface area contributed by atoms with Gasteiger partial charge in [0.15, 0.2) is 17.3 Å². The molecule has 0 aliphatic rings. The summed E-state index contributed by atoms with van der Waals surface area (Å²) in [5.74, 6) is 0.505. The molecule has 0 saturated carbocycles. The van der Waals surface area contributed by atoms with Crippen molar-refractivity contribution < 1.29 is 19.2 Å². The van der Waals surface area contributed by atoms with Gasteiger partial charge in [0.25, 0.3) is 5.69 Å². The number of ether oxygens (including phenoxy) is 2. The molecule has 0 spiro atoms. The minimum atomic E-state index is -0.536. The van der Waals surface area contributed by atoms with E-state index in [1.165, 1.54) is 44.5 Å². The van der Waals surface area contributed by atoms with Gasteiger partial charge >= 0.3 is 0 Å². The van der Waals surface area contributed by atoms with Crippen LogP contribution in [0.4, 0.5) is 5.69 Å². The molecule has 7 nitrogen and oxygen atoms in total. The number of aromatic nitrogens is 1. The van der Waals surface area contributed by atoms with Gasteiger partial charge in [-0.15, -0.1) is 0 Å². The lowest BCUT2D eigenvalue weighted by Crippen LogP contribution is -1.97. The van der Waals surface area contributed by atoms with Gasteiger partial charge in [-0.1, -0.05) is 0 Å². The van der Waals surface area contributed by atoms with E-state index in [0.29, 0.717) is 11.3 Å². The Balaban J connectivity index is 2.37. The summed E-state index contributed by atoms with van der Waals surface area (Å²) in [4.78, 5) is 25.5. The third-order valence-electron chi connectivity index (χ3n) is 2.71. The number of nitro groups is 1. The lowest BCUT2D eigenvalue weighted by atomic mass is 10.2. The molecule has 2 rings (SSSR count). The predicted octanol–water partition coefficient (Wildman–Crippen LogP) is 2.99. The standard InChI is InChI=1S/C14H12N2O5/c1-9(17)10-5-6-15-14(7-10)21-13-8-11(16(18)19)3-4-12(13)20-2/h3-8H,1-2H3. The smallest absolute Gasteiger partial charge is 0.273 e. The molecular formula is C14H12N2O5. The number of pyridine rings is 1. The van der Waals surface area contributed by atoms with Crippen molar-refractivity contribution in [2.24, 2.45) is 0 Å². The third-order valence-corrected chi connectivity index (χ3v) is 2.71. The van der Waals surface area contributed by atoms with Crippen molar-refractivity contribution in [3.8, 4) is 17.4 Å². The molecule has 0 bridgehead atoms. The minimum Gasteiger partial charge on any atom is -0.493 e. The molecule has 1 aromatic heterocycles. The second kappa shape index (κ2) is 6.00. The quantitative estimate of drug-likeness (QED) is 0.477. The van der Waals surface area contributed by atoms with Crippen molar-refractivity contribution in [1.82, 2.24) is 4.98 Å². The second-order valence-electron chi connectivity index (χ2n) is 4.13. The van der Waals surface area contributed by atoms with Gasteiger partial charge in [-0.2, -0.15) is 0 Å². The van der Waals surface area contributed by atoms with Crippen LogP contribution >= 0.6 is 0 Å². The summed E-state index contributed by atoms with van der Waals surface area (Å²) in [7, 11) is 1.42. The van der Waals surface area contributed by atoms with Gasteiger partial charge in [0.05, 0.1) is 18.1 Å². The highest BCUT2D eigenvalue weighted by molar-refractivity contribution is 5.94. The number of nitrogens with zero attached hydrogens (tertiary/aromatic N) is 2. The Morgan fingerprint density at radius 2 is 2.00 bits per heavy atom. The number of nitro benzene ring substituents is 1. The molecule has 1 aromatic carbocycles. The highest BCUT2D eigenvalue weighted by Crippen LogP contribution is 2.34. The van der Waals surface area contributed by atoms with Gasteiger partial charge in [-0.25, -0.2) is 4.98 Å². The van der Waals surface area contributed by atoms with Gasteiger partial charge < -0.3 is 9.47 Å². The Bertz CT molecular complexity index is 700. The number of ketones is 1. The molecule has 21 heavy (non-hydrogen) atoms. The summed E-state index contributed by atoms with van der Waals surface area (Å²) >= 11 is 0. The largest absolute Gasteiger partial charge is 0.493 e. The molecule has 1 heterocycles. The topological polar surface area (TPSA) is 91.6 Å². The average Bonchev–Trinajstić information content (AvgIpc) is 2.47. The summed E-state index contributed by atoms with van der Waals surface area (Å²) in [6, 6.07) is 6.99. The van der Waals surface area contributed by atoms with E-state index in [0.717, 1.165) is 0 Å². The van der Waals surface area contributed by atoms with E-state index in [1.807, 2.05) is 0 Å². The number of non-ortho nitro benzene ring substituents is 1. The van der Waals surface area contributed by atoms with Crippen molar-refractivity contribution in [2.45, 2.75) is 6.92 Å². The molecule has 0 atom stereocenters. The van der Waals surface area contributed by atoms with Crippen molar-refractivity contribution in [2.75, 3.05) is 7.11 Å². The van der Waals surface area contributed by atoms with Crippen LogP contribution in [-0.2, 0) is 0 Å². The molecule has 0 saturated heterocycles. The van der Waals surface area contributed by atoms with Gasteiger partial charge in [0, 0.05) is 23.9 Å². The Labute approximate surface area is 120 Å². The van der Waals surface area contributed by atoms with Crippen molar-refractivity contribution in [3.05, 3.63) is 52.2 Å². The zero-order valence-electron chi connectivity index (χ0n) is 11.4. The molecule has 7 heteroatoms. The number of hydrogen-bond acceptors (Lipinski definition) is 6. The Morgan fingerprint density at radius 1 is 1.24 bits per heavy atom. The van der Waals surface area contributed by atoms with E-state index in [-0.39, 0.29) is 23.1 Å². The zero-order valence-corrected chi connectivity index (χ0v) is 11.4. The van der Waals surface area contributed by atoms with Crippen LogP contribution in [0.3, 0.4) is 0 Å². The molecule has 0 aliphatic carbocycles. The molecule has 0 fully saturated rings. The first-order valence-electron chi connectivity index (χ1n) is 5.98. The average molecular weight is 288 g/mol. The monoisotopic (exact) mass is 288 g/mol. The second-order valence-corrected chi connectivity index (χ2v) is 4.13. The van der Waals surface area contributed by atoms with Crippen molar-refractivity contribution in [3.63, 3.8) is 0 Å². The molecule has 0 amide bonds. The highest BCUT2D eigenvalue weighted by atomic mass is 16.6. The predicted molar refractivity (Wildman–Crippen MR) is 74.0 cm³/mol. The van der Waals surface area contributed by atoms with Gasteiger partial charge in [0.2, 0.25) is 5.88 Å². The van der Waals surface area contributed by atoms with E-state index in [2.05, 4.69) is 4.98 Å². The number of rotatable bonds is 5. The minimum absolute atomic E-state index is 0.131. The fourth-order valence-electron chi connectivity index (χ4n) is 1.66. The van der Waals surface area contributed by atoms with Crippen molar-refractivity contribution >= 4 is 11.5 Å².